The molecular formula is C17H21N3O4. The van der Waals surface area contributed by atoms with Crippen LogP contribution in [0.4, 0.5) is 0 Å². The third kappa shape index (κ3) is 3.64. The number of H-pyrrole nitrogens is 1. The van der Waals surface area contributed by atoms with Gasteiger partial charge in [0.2, 0.25) is 0 Å². The summed E-state index contributed by atoms with van der Waals surface area (Å²) in [6.45, 7) is 2.78. The van der Waals surface area contributed by atoms with Gasteiger partial charge in [0, 0.05) is 31.3 Å². The van der Waals surface area contributed by atoms with Crippen LogP contribution in [0.15, 0.2) is 46.1 Å². The highest BCUT2D eigenvalue weighted by atomic mass is 16.5. The lowest BCUT2D eigenvalue weighted by Gasteiger charge is -2.17. The van der Waals surface area contributed by atoms with Crippen molar-refractivity contribution >= 4 is 0 Å². The molecule has 1 fully saturated rings. The lowest BCUT2D eigenvalue weighted by atomic mass is 10.1. The van der Waals surface area contributed by atoms with Gasteiger partial charge in [0.25, 0.3) is 5.56 Å². The van der Waals surface area contributed by atoms with Gasteiger partial charge in [0.15, 0.2) is 0 Å². The molecule has 24 heavy (non-hydrogen) atoms. The molecular weight excluding hydrogens is 310 g/mol. The average molecular weight is 331 g/mol. The van der Waals surface area contributed by atoms with Crippen LogP contribution >= 0.6 is 0 Å². The summed E-state index contributed by atoms with van der Waals surface area (Å²) >= 11 is 0. The Morgan fingerprint density at radius 3 is 2.83 bits per heavy atom. The number of ether oxygens (including phenoxy) is 1. The first-order valence-corrected chi connectivity index (χ1v) is 7.95. The summed E-state index contributed by atoms with van der Waals surface area (Å²) in [4.78, 5) is 25.6. The number of hydrogen-bond donors (Lipinski definition) is 3. The Morgan fingerprint density at radius 2 is 2.08 bits per heavy atom. The SMILES string of the molecule is Cc1cn([C@H]2CC(O)[C@@H](CNCc3ccccc3)O2)c(=O)[nH]c1=O. The van der Waals surface area contributed by atoms with Crippen molar-refractivity contribution in [3.63, 3.8) is 0 Å². The highest BCUT2D eigenvalue weighted by molar-refractivity contribution is 5.14. The van der Waals surface area contributed by atoms with Crippen LogP contribution in [0.1, 0.15) is 23.8 Å². The van der Waals surface area contributed by atoms with Crippen molar-refractivity contribution in [1.82, 2.24) is 14.9 Å². The molecule has 0 bridgehead atoms. The number of aliphatic hydroxyl groups is 1. The van der Waals surface area contributed by atoms with Gasteiger partial charge in [-0.2, -0.15) is 0 Å². The van der Waals surface area contributed by atoms with Gasteiger partial charge in [-0.1, -0.05) is 30.3 Å². The van der Waals surface area contributed by atoms with E-state index in [2.05, 4.69) is 10.3 Å². The molecule has 3 atom stereocenters. The van der Waals surface area contributed by atoms with E-state index in [-0.39, 0.29) is 0 Å². The van der Waals surface area contributed by atoms with Gasteiger partial charge >= 0.3 is 5.69 Å². The predicted octanol–water partition coefficient (Wildman–Crippen LogP) is 0.283. The molecule has 1 aliphatic heterocycles. The summed E-state index contributed by atoms with van der Waals surface area (Å²) in [7, 11) is 0. The Bertz CT molecular complexity index is 799. The molecule has 2 heterocycles. The van der Waals surface area contributed by atoms with E-state index in [1.165, 1.54) is 10.8 Å². The number of hydrogen-bond acceptors (Lipinski definition) is 5. The smallest absolute Gasteiger partial charge is 0.330 e. The van der Waals surface area contributed by atoms with Crippen LogP contribution in [-0.4, -0.2) is 33.4 Å². The van der Waals surface area contributed by atoms with Crippen molar-refractivity contribution in [3.8, 4) is 0 Å². The molecule has 0 radical (unpaired) electrons. The summed E-state index contributed by atoms with van der Waals surface area (Å²) in [5.41, 5.74) is 0.643. The summed E-state index contributed by atoms with van der Waals surface area (Å²) in [5.74, 6) is 0. The number of benzene rings is 1. The largest absolute Gasteiger partial charge is 0.390 e. The summed E-state index contributed by atoms with van der Waals surface area (Å²) in [6, 6.07) is 9.94. The normalized spacial score (nSPS) is 23.5. The molecule has 0 aliphatic carbocycles. The number of aliphatic hydroxyl groups excluding tert-OH is 1. The van der Waals surface area contributed by atoms with Crippen LogP contribution in [0.3, 0.4) is 0 Å². The molecule has 1 aromatic heterocycles. The Hall–Kier alpha value is -2.22. The second kappa shape index (κ2) is 7.12. The van der Waals surface area contributed by atoms with Crippen molar-refractivity contribution in [3.05, 3.63) is 68.5 Å². The van der Waals surface area contributed by atoms with E-state index in [1.807, 2.05) is 30.3 Å². The van der Waals surface area contributed by atoms with Crippen molar-refractivity contribution in [2.45, 2.75) is 38.3 Å². The average Bonchev–Trinajstić information content (AvgIpc) is 2.93. The highest BCUT2D eigenvalue weighted by Crippen LogP contribution is 2.27. The van der Waals surface area contributed by atoms with Crippen LogP contribution in [0.5, 0.6) is 0 Å². The summed E-state index contributed by atoms with van der Waals surface area (Å²) < 4.78 is 7.13. The molecule has 7 nitrogen and oxygen atoms in total. The number of aryl methyl sites for hydroxylation is 1. The number of aromatic nitrogens is 2. The van der Waals surface area contributed by atoms with Crippen LogP contribution < -0.4 is 16.6 Å². The first kappa shape index (κ1) is 16.6. The third-order valence-corrected chi connectivity index (χ3v) is 4.18. The maximum absolute atomic E-state index is 11.9. The van der Waals surface area contributed by atoms with Crippen molar-refractivity contribution in [1.29, 1.82) is 0 Å². The van der Waals surface area contributed by atoms with Crippen LogP contribution in [-0.2, 0) is 11.3 Å². The fraction of sp³-hybridized carbons (Fsp3) is 0.412. The highest BCUT2D eigenvalue weighted by Gasteiger charge is 2.35. The predicted molar refractivity (Wildman–Crippen MR) is 88.7 cm³/mol. The fourth-order valence-corrected chi connectivity index (χ4v) is 2.82. The molecule has 128 valence electrons. The first-order valence-electron chi connectivity index (χ1n) is 7.95. The van der Waals surface area contributed by atoms with Crippen molar-refractivity contribution in [2.24, 2.45) is 0 Å². The molecule has 0 amide bonds. The van der Waals surface area contributed by atoms with Gasteiger partial charge in [-0.3, -0.25) is 14.3 Å². The second-order valence-corrected chi connectivity index (χ2v) is 6.03. The van der Waals surface area contributed by atoms with Gasteiger partial charge in [0.1, 0.15) is 6.23 Å². The second-order valence-electron chi connectivity index (χ2n) is 6.03. The zero-order valence-corrected chi connectivity index (χ0v) is 13.4. The number of nitrogens with one attached hydrogen (secondary N) is 2. The Morgan fingerprint density at radius 1 is 1.33 bits per heavy atom. The molecule has 0 spiro atoms. The fourth-order valence-electron chi connectivity index (χ4n) is 2.82. The zero-order chi connectivity index (χ0) is 17.1. The third-order valence-electron chi connectivity index (χ3n) is 4.18. The van der Waals surface area contributed by atoms with Crippen LogP contribution in [0.25, 0.3) is 0 Å². The van der Waals surface area contributed by atoms with E-state index in [0.29, 0.717) is 25.1 Å². The Labute approximate surface area is 138 Å². The van der Waals surface area contributed by atoms with Crippen molar-refractivity contribution < 1.29 is 9.84 Å². The van der Waals surface area contributed by atoms with E-state index < -0.39 is 29.7 Å². The Balaban J connectivity index is 1.61. The molecule has 1 aliphatic rings. The molecule has 1 unspecified atom stereocenters. The molecule has 2 aromatic rings. The van der Waals surface area contributed by atoms with Gasteiger partial charge in [-0.25, -0.2) is 4.79 Å². The zero-order valence-electron chi connectivity index (χ0n) is 13.4. The number of nitrogens with zero attached hydrogens (tertiary/aromatic N) is 1. The minimum atomic E-state index is -0.669. The number of aromatic amines is 1. The lowest BCUT2D eigenvalue weighted by Crippen LogP contribution is -2.35. The first-order chi connectivity index (χ1) is 11.5. The molecule has 3 rings (SSSR count). The molecule has 0 saturated carbocycles. The van der Waals surface area contributed by atoms with E-state index >= 15 is 0 Å². The van der Waals surface area contributed by atoms with E-state index in [4.69, 9.17) is 4.74 Å². The molecule has 1 saturated heterocycles. The van der Waals surface area contributed by atoms with Gasteiger partial charge in [-0.05, 0) is 12.5 Å². The maximum atomic E-state index is 11.9. The van der Waals surface area contributed by atoms with E-state index in [1.54, 1.807) is 6.92 Å². The van der Waals surface area contributed by atoms with Crippen LogP contribution in [0, 0.1) is 6.92 Å². The summed E-state index contributed by atoms with van der Waals surface area (Å²) in [5, 5.41) is 13.4. The quantitative estimate of drug-likeness (QED) is 0.731. The molecule has 7 heteroatoms. The minimum absolute atomic E-state index is 0.309. The lowest BCUT2D eigenvalue weighted by molar-refractivity contribution is -0.0194. The van der Waals surface area contributed by atoms with Crippen LogP contribution in [0.2, 0.25) is 0 Å². The minimum Gasteiger partial charge on any atom is -0.390 e. The van der Waals surface area contributed by atoms with Crippen molar-refractivity contribution in [2.75, 3.05) is 6.54 Å². The van der Waals surface area contributed by atoms with E-state index in [9.17, 15) is 14.7 Å². The number of rotatable bonds is 5. The van der Waals surface area contributed by atoms with Gasteiger partial charge in [-0.15, -0.1) is 0 Å². The maximum Gasteiger partial charge on any atom is 0.330 e. The van der Waals surface area contributed by atoms with Gasteiger partial charge in [0.05, 0.1) is 12.2 Å². The topological polar surface area (TPSA) is 96.3 Å². The van der Waals surface area contributed by atoms with Gasteiger partial charge < -0.3 is 15.2 Å². The monoisotopic (exact) mass is 331 g/mol. The molecule has 3 N–H and O–H groups in total. The molecule has 1 aromatic carbocycles. The van der Waals surface area contributed by atoms with E-state index in [0.717, 1.165) is 5.56 Å². The summed E-state index contributed by atoms with van der Waals surface area (Å²) in [6.07, 6.45) is 0.128. The Kier molecular flexibility index (Phi) is 4.94. The standard InChI is InChI=1S/C17H21N3O4/c1-11-10-20(17(23)19-16(11)22)15-7-13(21)14(24-15)9-18-8-12-5-3-2-4-6-12/h2-6,10,13-15,18,21H,7-9H2,1H3,(H,19,22,23)/t13?,14-,15-/m1/s1.